The summed E-state index contributed by atoms with van der Waals surface area (Å²) in [5.41, 5.74) is 1.49. The molecule has 15 heteroatoms. The van der Waals surface area contributed by atoms with Crippen LogP contribution in [0.1, 0.15) is 34.8 Å². The van der Waals surface area contributed by atoms with E-state index in [0.717, 1.165) is 18.7 Å². The number of rotatable bonds is 13. The summed E-state index contributed by atoms with van der Waals surface area (Å²) in [6.07, 6.45) is -3.83. The van der Waals surface area contributed by atoms with Crippen LogP contribution in [0.2, 0.25) is 0 Å². The van der Waals surface area contributed by atoms with Gasteiger partial charge in [-0.2, -0.15) is 13.2 Å². The predicted octanol–water partition coefficient (Wildman–Crippen LogP) is 6.21. The number of alkyl halides is 3. The molecule has 4 aromatic rings. The van der Waals surface area contributed by atoms with Crippen LogP contribution in [0.4, 0.5) is 27.6 Å². The Morgan fingerprint density at radius 1 is 1.02 bits per heavy atom. The van der Waals surface area contributed by atoms with Crippen molar-refractivity contribution in [3.05, 3.63) is 83.1 Å². The van der Waals surface area contributed by atoms with E-state index in [4.69, 9.17) is 14.2 Å². The lowest BCUT2D eigenvalue weighted by Gasteiger charge is -2.27. The Labute approximate surface area is 290 Å². The molecule has 0 unspecified atom stereocenters. The molecule has 2 atom stereocenters. The summed E-state index contributed by atoms with van der Waals surface area (Å²) < 4.78 is 86.6. The van der Waals surface area contributed by atoms with Gasteiger partial charge in [-0.05, 0) is 47.9 Å². The number of hydrogen-bond donors (Lipinski definition) is 3. The minimum Gasteiger partial charge on any atom is -0.496 e. The number of carboxylic acid groups (broad SMARTS) is 1. The van der Waals surface area contributed by atoms with Crippen molar-refractivity contribution in [2.24, 2.45) is 0 Å². The summed E-state index contributed by atoms with van der Waals surface area (Å²) in [5.74, 6) is -4.75. The maximum atomic E-state index is 15.0. The number of carboxylic acids is 1. The van der Waals surface area contributed by atoms with E-state index in [1.54, 1.807) is 44.7 Å². The van der Waals surface area contributed by atoms with Gasteiger partial charge in [-0.25, -0.2) is 13.6 Å². The molecule has 0 radical (unpaired) electrons. The second kappa shape index (κ2) is 15.9. The van der Waals surface area contributed by atoms with Crippen molar-refractivity contribution in [3.63, 3.8) is 0 Å². The first kappa shape index (κ1) is 37.2. The summed E-state index contributed by atoms with van der Waals surface area (Å²) in [6.45, 7) is 4.78. The molecule has 5 rings (SSSR count). The van der Waals surface area contributed by atoms with E-state index in [1.165, 1.54) is 6.92 Å². The molecule has 272 valence electrons. The van der Waals surface area contributed by atoms with Gasteiger partial charge in [0.05, 0.1) is 38.5 Å². The number of aliphatic carboxylic acids is 1. The Bertz CT molecular complexity index is 1850. The lowest BCUT2D eigenvalue weighted by Crippen LogP contribution is -2.43. The maximum Gasteiger partial charge on any atom is 0.408 e. The van der Waals surface area contributed by atoms with Crippen LogP contribution in [0.25, 0.3) is 22.0 Å². The molecule has 1 aliphatic rings. The quantitative estimate of drug-likeness (QED) is 0.139. The zero-order valence-electron chi connectivity index (χ0n) is 28.1. The average Bonchev–Trinajstić information content (AvgIpc) is 3.09. The van der Waals surface area contributed by atoms with Crippen molar-refractivity contribution in [1.82, 2.24) is 15.2 Å². The third kappa shape index (κ3) is 8.48. The summed E-state index contributed by atoms with van der Waals surface area (Å²) in [4.78, 5) is 32.2. The smallest absolute Gasteiger partial charge is 0.408 e. The third-order valence-corrected chi connectivity index (χ3v) is 8.65. The Balaban J connectivity index is 1.43. The molecule has 10 nitrogen and oxygen atoms in total. The van der Waals surface area contributed by atoms with E-state index in [-0.39, 0.29) is 6.42 Å². The van der Waals surface area contributed by atoms with Crippen molar-refractivity contribution in [2.75, 3.05) is 45.8 Å². The van der Waals surface area contributed by atoms with E-state index >= 15 is 0 Å². The second-order valence-corrected chi connectivity index (χ2v) is 12.0. The van der Waals surface area contributed by atoms with Gasteiger partial charge in [0.1, 0.15) is 40.8 Å². The Hall–Kier alpha value is -5.02. The number of ether oxygens (including phenoxy) is 3. The number of methoxy groups -OCH3 is 2. The molecule has 1 aromatic heterocycles. The molecule has 1 saturated heterocycles. The number of nitrogens with zero attached hydrogens (tertiary/aromatic N) is 2. The van der Waals surface area contributed by atoms with Gasteiger partial charge in [-0.1, -0.05) is 25.1 Å². The predicted molar refractivity (Wildman–Crippen MR) is 179 cm³/mol. The highest BCUT2D eigenvalue weighted by Gasteiger charge is 2.38. The van der Waals surface area contributed by atoms with Crippen LogP contribution in [0.5, 0.6) is 11.5 Å². The number of pyridine rings is 1. The first-order valence-electron chi connectivity index (χ1n) is 16.1. The third-order valence-electron chi connectivity index (χ3n) is 8.65. The molecule has 1 aliphatic heterocycles. The van der Waals surface area contributed by atoms with Gasteiger partial charge in [-0.15, -0.1) is 0 Å². The number of nitrogens with one attached hydrogen (secondary N) is 2. The molecule has 1 fully saturated rings. The number of aromatic nitrogens is 1. The van der Waals surface area contributed by atoms with Crippen LogP contribution >= 0.6 is 0 Å². The molecular weight excluding hydrogens is 679 g/mol. The fourth-order valence-electron chi connectivity index (χ4n) is 6.09. The first-order valence-corrected chi connectivity index (χ1v) is 16.1. The number of fused-ring (bicyclic) bond motifs is 1. The van der Waals surface area contributed by atoms with E-state index in [1.807, 2.05) is 17.4 Å². The summed E-state index contributed by atoms with van der Waals surface area (Å²) in [6, 6.07) is 7.99. The van der Waals surface area contributed by atoms with Crippen molar-refractivity contribution in [3.8, 4) is 22.6 Å². The van der Waals surface area contributed by atoms with Crippen molar-refractivity contribution >= 4 is 28.5 Å². The van der Waals surface area contributed by atoms with Crippen LogP contribution in [0, 0.1) is 11.6 Å². The number of hydrogen-bond acceptors (Lipinski definition) is 8. The number of halogens is 5. The van der Waals surface area contributed by atoms with Crippen LogP contribution in [0.15, 0.2) is 54.7 Å². The fraction of sp³-hybridized carbons (Fsp3) is 0.361. The minimum absolute atomic E-state index is 0.303. The van der Waals surface area contributed by atoms with Gasteiger partial charge >= 0.3 is 12.1 Å². The molecule has 0 bridgehead atoms. The molecule has 3 aromatic carbocycles. The van der Waals surface area contributed by atoms with Gasteiger partial charge in [0, 0.05) is 48.9 Å². The van der Waals surface area contributed by atoms with Crippen LogP contribution in [-0.2, 0) is 22.5 Å². The van der Waals surface area contributed by atoms with E-state index in [9.17, 15) is 36.6 Å². The lowest BCUT2D eigenvalue weighted by atomic mass is 9.93. The molecule has 0 saturated carbocycles. The normalized spacial score (nSPS) is 14.9. The highest BCUT2D eigenvalue weighted by atomic mass is 19.4. The van der Waals surface area contributed by atoms with Crippen molar-refractivity contribution in [1.29, 1.82) is 0 Å². The summed E-state index contributed by atoms with van der Waals surface area (Å²) in [7, 11) is 3.09. The van der Waals surface area contributed by atoms with Crippen LogP contribution in [0.3, 0.4) is 0 Å². The SMILES string of the molecule is CC[C@@H](Nc1cc(F)c(C(=O)N[C@@H](Cc2ccc(-c3c(OC)cc(CN4CCOCC4)cc3OC)c3ncccc23)C(=O)O)c(F)c1)C(F)(F)F. The van der Waals surface area contributed by atoms with Crippen molar-refractivity contribution in [2.45, 2.75) is 44.6 Å². The van der Waals surface area contributed by atoms with Gasteiger partial charge in [0.15, 0.2) is 0 Å². The largest absolute Gasteiger partial charge is 0.496 e. The lowest BCUT2D eigenvalue weighted by molar-refractivity contribution is -0.143. The highest BCUT2D eigenvalue weighted by Crippen LogP contribution is 2.43. The van der Waals surface area contributed by atoms with E-state index in [2.05, 4.69) is 15.2 Å². The highest BCUT2D eigenvalue weighted by molar-refractivity contribution is 6.00. The summed E-state index contributed by atoms with van der Waals surface area (Å²) in [5, 5.41) is 14.7. The Kier molecular flexibility index (Phi) is 11.6. The zero-order chi connectivity index (χ0) is 36.9. The fourth-order valence-corrected chi connectivity index (χ4v) is 6.09. The number of anilines is 1. The standard InChI is InChI=1S/C36H37F5N4O6/c1-4-30(36(39,40)41)43-22-17-25(37)32(26(38)18-22)34(46)44-27(35(47)48)16-21-7-8-24(33-23(21)6-5-9-42-33)31-28(49-2)14-20(15-29(31)50-3)19-45-10-12-51-13-11-45/h5-9,14-15,17-18,27,30,43H,4,10-13,16,19H2,1-3H3,(H,44,46)(H,47,48)/t27-,30+/m0/s1. The van der Waals surface area contributed by atoms with Gasteiger partial charge in [0.25, 0.3) is 5.91 Å². The molecule has 3 N–H and O–H groups in total. The molecular formula is C36H37F5N4O6. The Morgan fingerprint density at radius 3 is 2.24 bits per heavy atom. The topological polar surface area (TPSA) is 122 Å². The maximum absolute atomic E-state index is 15.0. The monoisotopic (exact) mass is 716 g/mol. The van der Waals surface area contributed by atoms with E-state index < -0.39 is 59.4 Å². The van der Waals surface area contributed by atoms with E-state index in [0.29, 0.717) is 71.0 Å². The van der Waals surface area contributed by atoms with Crippen LogP contribution in [-0.4, -0.2) is 85.6 Å². The molecule has 0 aliphatic carbocycles. The number of benzene rings is 3. The molecule has 1 amide bonds. The molecule has 2 heterocycles. The Morgan fingerprint density at radius 2 is 1.67 bits per heavy atom. The zero-order valence-corrected chi connectivity index (χ0v) is 28.1. The van der Waals surface area contributed by atoms with Crippen LogP contribution < -0.4 is 20.1 Å². The minimum atomic E-state index is -4.68. The number of amides is 1. The van der Waals surface area contributed by atoms with Gasteiger partial charge < -0.3 is 30.0 Å². The molecule has 51 heavy (non-hydrogen) atoms. The summed E-state index contributed by atoms with van der Waals surface area (Å²) >= 11 is 0. The first-order chi connectivity index (χ1) is 24.3. The number of carbonyl (C=O) groups excluding carboxylic acids is 1. The number of carbonyl (C=O) groups is 2. The molecule has 0 spiro atoms. The second-order valence-electron chi connectivity index (χ2n) is 12.0. The average molecular weight is 717 g/mol. The van der Waals surface area contributed by atoms with Crippen molar-refractivity contribution < 1.29 is 50.9 Å². The number of morpholine rings is 1. The van der Waals surface area contributed by atoms with Gasteiger partial charge in [-0.3, -0.25) is 14.7 Å². The van der Waals surface area contributed by atoms with Gasteiger partial charge in [0.2, 0.25) is 0 Å².